The van der Waals surface area contributed by atoms with Crippen LogP contribution in [0.2, 0.25) is 5.02 Å². The minimum atomic E-state index is -4.47. The van der Waals surface area contributed by atoms with Crippen LogP contribution in [0.4, 0.5) is 13.2 Å². The molecule has 0 radical (unpaired) electrons. The zero-order valence-corrected chi connectivity index (χ0v) is 17.3. The van der Waals surface area contributed by atoms with Gasteiger partial charge in [-0.3, -0.25) is 4.79 Å². The van der Waals surface area contributed by atoms with Gasteiger partial charge in [0.05, 0.1) is 16.3 Å². The number of benzene rings is 1. The molecule has 0 saturated heterocycles. The molecule has 0 aliphatic carbocycles. The first-order valence-corrected chi connectivity index (χ1v) is 10.2. The van der Waals surface area contributed by atoms with E-state index in [1.807, 2.05) is 0 Å². The molecule has 8 heteroatoms. The smallest absolute Gasteiger partial charge is 0.356 e. The van der Waals surface area contributed by atoms with Gasteiger partial charge in [-0.1, -0.05) is 49.6 Å². The van der Waals surface area contributed by atoms with E-state index in [1.54, 1.807) is 35.0 Å². The summed E-state index contributed by atoms with van der Waals surface area (Å²) in [6, 6.07) is 8.50. The van der Waals surface area contributed by atoms with Crippen molar-refractivity contribution in [1.29, 1.82) is 0 Å². The fourth-order valence-corrected chi connectivity index (χ4v) is 3.58. The van der Waals surface area contributed by atoms with Crippen molar-refractivity contribution in [2.24, 2.45) is 0 Å². The number of unbranched alkanes of at least 4 members (excludes halogenated alkanes) is 2. The lowest BCUT2D eigenvalue weighted by molar-refractivity contribution is -0.137. The van der Waals surface area contributed by atoms with E-state index in [1.165, 1.54) is 6.07 Å². The molecule has 4 nitrogen and oxygen atoms in total. The third kappa shape index (κ3) is 5.33. The Kier molecular flexibility index (Phi) is 7.02. The van der Waals surface area contributed by atoms with Crippen LogP contribution in [0.25, 0.3) is 5.65 Å². The molecule has 3 aromatic rings. The SMILES string of the molecule is CCCCCNC(=O)CC(c1cccc(C(F)(F)F)c1)c1cnc2ccc(Cl)cn12. The number of nitrogens with zero attached hydrogens (tertiary/aromatic N) is 2. The van der Waals surface area contributed by atoms with Gasteiger partial charge in [-0.25, -0.2) is 4.98 Å². The molecule has 30 heavy (non-hydrogen) atoms. The number of nitrogens with one attached hydrogen (secondary N) is 1. The highest BCUT2D eigenvalue weighted by molar-refractivity contribution is 6.30. The lowest BCUT2D eigenvalue weighted by atomic mass is 9.91. The minimum absolute atomic E-state index is 0.00768. The average molecular weight is 438 g/mol. The van der Waals surface area contributed by atoms with Crippen molar-refractivity contribution in [2.45, 2.75) is 44.7 Å². The molecule has 0 saturated carbocycles. The first-order chi connectivity index (χ1) is 14.3. The maximum absolute atomic E-state index is 13.3. The van der Waals surface area contributed by atoms with Gasteiger partial charge in [-0.15, -0.1) is 0 Å². The van der Waals surface area contributed by atoms with Crippen LogP contribution < -0.4 is 5.32 Å². The molecule has 1 atom stereocenters. The molecular weight excluding hydrogens is 415 g/mol. The Labute approximate surface area is 178 Å². The van der Waals surface area contributed by atoms with Crippen LogP contribution in [0.15, 0.2) is 48.8 Å². The lowest BCUT2D eigenvalue weighted by Crippen LogP contribution is -2.26. The van der Waals surface area contributed by atoms with Crippen molar-refractivity contribution in [2.75, 3.05) is 6.54 Å². The molecule has 2 heterocycles. The van der Waals surface area contributed by atoms with Gasteiger partial charge in [0.2, 0.25) is 5.91 Å². The number of fused-ring (bicyclic) bond motifs is 1. The Hall–Kier alpha value is -2.54. The number of hydrogen-bond donors (Lipinski definition) is 1. The van der Waals surface area contributed by atoms with E-state index in [4.69, 9.17) is 11.6 Å². The van der Waals surface area contributed by atoms with Crippen molar-refractivity contribution in [3.63, 3.8) is 0 Å². The fourth-order valence-electron chi connectivity index (χ4n) is 3.42. The van der Waals surface area contributed by atoms with Crippen LogP contribution in [-0.2, 0) is 11.0 Å². The Balaban J connectivity index is 1.97. The molecule has 1 amide bonds. The van der Waals surface area contributed by atoms with E-state index in [9.17, 15) is 18.0 Å². The summed E-state index contributed by atoms with van der Waals surface area (Å²) >= 11 is 6.11. The molecule has 1 unspecified atom stereocenters. The first-order valence-electron chi connectivity index (χ1n) is 9.86. The van der Waals surface area contributed by atoms with Gasteiger partial charge in [-0.05, 0) is 30.2 Å². The maximum atomic E-state index is 13.3. The predicted molar refractivity (Wildman–Crippen MR) is 111 cm³/mol. The van der Waals surface area contributed by atoms with Crippen molar-refractivity contribution in [3.05, 3.63) is 70.6 Å². The van der Waals surface area contributed by atoms with E-state index in [-0.39, 0.29) is 12.3 Å². The lowest BCUT2D eigenvalue weighted by Gasteiger charge is -2.19. The largest absolute Gasteiger partial charge is 0.416 e. The van der Waals surface area contributed by atoms with Crippen LogP contribution in [0, 0.1) is 0 Å². The quantitative estimate of drug-likeness (QED) is 0.450. The van der Waals surface area contributed by atoms with Crippen molar-refractivity contribution in [1.82, 2.24) is 14.7 Å². The summed E-state index contributed by atoms with van der Waals surface area (Å²) in [7, 11) is 0. The molecular formula is C22H23ClF3N3O. The second kappa shape index (κ2) is 9.51. The molecule has 0 aliphatic heterocycles. The summed E-state index contributed by atoms with van der Waals surface area (Å²) in [5.41, 5.74) is 0.862. The Bertz CT molecular complexity index is 1020. The van der Waals surface area contributed by atoms with Gasteiger partial charge in [0.25, 0.3) is 0 Å². The zero-order chi connectivity index (χ0) is 21.7. The third-order valence-corrected chi connectivity index (χ3v) is 5.19. The number of alkyl halides is 3. The number of imidazole rings is 1. The number of pyridine rings is 1. The van der Waals surface area contributed by atoms with Gasteiger partial charge < -0.3 is 9.72 Å². The number of rotatable bonds is 8. The third-order valence-electron chi connectivity index (χ3n) is 4.96. The highest BCUT2D eigenvalue weighted by Crippen LogP contribution is 2.34. The Morgan fingerprint density at radius 3 is 2.77 bits per heavy atom. The summed E-state index contributed by atoms with van der Waals surface area (Å²) < 4.78 is 41.5. The normalized spacial score (nSPS) is 12.8. The predicted octanol–water partition coefficient (Wildman–Crippen LogP) is 5.83. The zero-order valence-electron chi connectivity index (χ0n) is 16.5. The molecule has 160 valence electrons. The van der Waals surface area contributed by atoms with E-state index >= 15 is 0 Å². The number of carbonyl (C=O) groups excluding carboxylic acids is 1. The number of halogens is 4. The minimum Gasteiger partial charge on any atom is -0.356 e. The monoisotopic (exact) mass is 437 g/mol. The first kappa shape index (κ1) is 22.2. The Morgan fingerprint density at radius 1 is 1.23 bits per heavy atom. The van der Waals surface area contributed by atoms with Crippen LogP contribution in [0.3, 0.4) is 0 Å². The van der Waals surface area contributed by atoms with Crippen LogP contribution in [0.5, 0.6) is 0 Å². The van der Waals surface area contributed by atoms with E-state index in [2.05, 4.69) is 17.2 Å². The van der Waals surface area contributed by atoms with Crippen LogP contribution in [-0.4, -0.2) is 21.8 Å². The number of amides is 1. The van der Waals surface area contributed by atoms with Gasteiger partial charge in [0.1, 0.15) is 5.65 Å². The van der Waals surface area contributed by atoms with E-state index in [0.717, 1.165) is 31.4 Å². The molecule has 2 aromatic heterocycles. The molecule has 1 N–H and O–H groups in total. The van der Waals surface area contributed by atoms with Crippen LogP contribution in [0.1, 0.15) is 55.3 Å². The van der Waals surface area contributed by atoms with E-state index < -0.39 is 17.7 Å². The summed E-state index contributed by atoms with van der Waals surface area (Å²) in [6.45, 7) is 2.61. The van der Waals surface area contributed by atoms with Crippen molar-refractivity contribution >= 4 is 23.2 Å². The molecule has 0 bridgehead atoms. The number of aromatic nitrogens is 2. The average Bonchev–Trinajstić information content (AvgIpc) is 3.11. The van der Waals surface area contributed by atoms with Crippen LogP contribution >= 0.6 is 11.6 Å². The highest BCUT2D eigenvalue weighted by atomic mass is 35.5. The summed E-state index contributed by atoms with van der Waals surface area (Å²) in [5, 5.41) is 3.33. The molecule has 0 aliphatic rings. The second-order valence-electron chi connectivity index (χ2n) is 7.20. The molecule has 0 spiro atoms. The molecule has 0 fully saturated rings. The number of hydrogen-bond acceptors (Lipinski definition) is 2. The van der Waals surface area contributed by atoms with Crippen molar-refractivity contribution in [3.8, 4) is 0 Å². The van der Waals surface area contributed by atoms with Gasteiger partial charge in [0.15, 0.2) is 0 Å². The summed E-state index contributed by atoms with van der Waals surface area (Å²) in [6.07, 6.45) is 1.68. The fraction of sp³-hybridized carbons (Fsp3) is 0.364. The van der Waals surface area contributed by atoms with E-state index in [0.29, 0.717) is 28.5 Å². The molecule has 1 aromatic carbocycles. The van der Waals surface area contributed by atoms with Crippen molar-refractivity contribution < 1.29 is 18.0 Å². The van der Waals surface area contributed by atoms with Gasteiger partial charge in [0, 0.05) is 31.3 Å². The summed E-state index contributed by atoms with van der Waals surface area (Å²) in [5.74, 6) is -0.822. The topological polar surface area (TPSA) is 46.4 Å². The standard InChI is InChI=1S/C22H23ClF3N3O/c1-2-3-4-10-27-21(30)12-18(15-6-5-7-16(11-15)22(24,25)26)19-13-28-20-9-8-17(23)14-29(19)20/h5-9,11,13-14,18H,2-4,10,12H2,1H3,(H,27,30). The summed E-state index contributed by atoms with van der Waals surface area (Å²) in [4.78, 5) is 16.9. The second-order valence-corrected chi connectivity index (χ2v) is 7.63. The maximum Gasteiger partial charge on any atom is 0.416 e. The van der Waals surface area contributed by atoms with Gasteiger partial charge >= 0.3 is 6.18 Å². The number of carbonyl (C=O) groups is 1. The highest BCUT2D eigenvalue weighted by Gasteiger charge is 2.32. The van der Waals surface area contributed by atoms with Gasteiger partial charge in [-0.2, -0.15) is 13.2 Å². The Morgan fingerprint density at radius 2 is 2.03 bits per heavy atom. The molecule has 3 rings (SSSR count).